The van der Waals surface area contributed by atoms with Crippen molar-refractivity contribution in [1.29, 1.82) is 0 Å². The third-order valence-corrected chi connectivity index (χ3v) is 6.17. The largest absolute Gasteiger partial charge is 0.444 e. The SMILES string of the molecule is CC(C)(C)OC(=O)N1CCC(Nc2cc3c(C4CCCCC4)nccc3cn2)CC1. The lowest BCUT2D eigenvalue weighted by Gasteiger charge is -2.34. The van der Waals surface area contributed by atoms with Crippen LogP contribution in [-0.4, -0.2) is 45.7 Å². The highest BCUT2D eigenvalue weighted by Crippen LogP contribution is 2.35. The fourth-order valence-corrected chi connectivity index (χ4v) is 4.61. The second-order valence-electron chi connectivity index (χ2n) is 9.71. The van der Waals surface area contributed by atoms with Crippen LogP contribution in [0.5, 0.6) is 0 Å². The molecule has 0 unspecified atom stereocenters. The Morgan fingerprint density at radius 2 is 1.83 bits per heavy atom. The van der Waals surface area contributed by atoms with Gasteiger partial charge in [-0.25, -0.2) is 9.78 Å². The first-order chi connectivity index (χ1) is 14.4. The molecule has 0 atom stereocenters. The average molecular weight is 411 g/mol. The van der Waals surface area contributed by atoms with Gasteiger partial charge in [-0.05, 0) is 58.6 Å². The first-order valence-corrected chi connectivity index (χ1v) is 11.4. The number of likely N-dealkylation sites (tertiary alicyclic amines) is 1. The zero-order chi connectivity index (χ0) is 21.1. The van der Waals surface area contributed by atoms with E-state index in [9.17, 15) is 4.79 Å². The van der Waals surface area contributed by atoms with Gasteiger partial charge in [0.05, 0.1) is 5.69 Å². The molecule has 1 saturated heterocycles. The molecule has 0 spiro atoms. The Morgan fingerprint density at radius 1 is 1.10 bits per heavy atom. The number of hydrogen-bond acceptors (Lipinski definition) is 5. The molecule has 6 nitrogen and oxygen atoms in total. The third-order valence-electron chi connectivity index (χ3n) is 6.17. The molecule has 2 aromatic rings. The van der Waals surface area contributed by atoms with E-state index in [2.05, 4.69) is 22.4 Å². The number of pyridine rings is 2. The Kier molecular flexibility index (Phi) is 6.11. The fraction of sp³-hybridized carbons (Fsp3) is 0.625. The van der Waals surface area contributed by atoms with Crippen LogP contribution in [0.15, 0.2) is 24.5 Å². The molecule has 0 aromatic carbocycles. The van der Waals surface area contributed by atoms with E-state index in [-0.39, 0.29) is 6.09 Å². The van der Waals surface area contributed by atoms with Crippen molar-refractivity contribution in [2.45, 2.75) is 83.3 Å². The van der Waals surface area contributed by atoms with Crippen molar-refractivity contribution in [2.24, 2.45) is 0 Å². The van der Waals surface area contributed by atoms with E-state index >= 15 is 0 Å². The van der Waals surface area contributed by atoms with E-state index in [0.29, 0.717) is 25.0 Å². The number of nitrogens with zero attached hydrogens (tertiary/aromatic N) is 3. The van der Waals surface area contributed by atoms with E-state index in [4.69, 9.17) is 9.72 Å². The van der Waals surface area contributed by atoms with Gasteiger partial charge in [-0.15, -0.1) is 0 Å². The molecule has 4 rings (SSSR count). The summed E-state index contributed by atoms with van der Waals surface area (Å²) in [5.41, 5.74) is 0.781. The summed E-state index contributed by atoms with van der Waals surface area (Å²) >= 11 is 0. The van der Waals surface area contributed by atoms with E-state index in [0.717, 1.165) is 24.0 Å². The van der Waals surface area contributed by atoms with Crippen LogP contribution in [0.4, 0.5) is 10.6 Å². The van der Waals surface area contributed by atoms with Gasteiger partial charge in [0.2, 0.25) is 0 Å². The van der Waals surface area contributed by atoms with Crippen LogP contribution in [-0.2, 0) is 4.74 Å². The highest BCUT2D eigenvalue weighted by atomic mass is 16.6. The minimum Gasteiger partial charge on any atom is -0.444 e. The molecule has 1 aliphatic heterocycles. The van der Waals surface area contributed by atoms with Crippen molar-refractivity contribution < 1.29 is 9.53 Å². The molecule has 0 radical (unpaired) electrons. The molecule has 1 N–H and O–H groups in total. The number of piperidine rings is 1. The molecular weight excluding hydrogens is 376 g/mol. The second kappa shape index (κ2) is 8.78. The lowest BCUT2D eigenvalue weighted by Crippen LogP contribution is -2.44. The Balaban J connectivity index is 1.42. The van der Waals surface area contributed by atoms with Gasteiger partial charge in [-0.2, -0.15) is 0 Å². The van der Waals surface area contributed by atoms with Crippen molar-refractivity contribution in [3.63, 3.8) is 0 Å². The normalized spacial score (nSPS) is 19.1. The highest BCUT2D eigenvalue weighted by Gasteiger charge is 2.27. The average Bonchev–Trinajstić information content (AvgIpc) is 2.73. The maximum atomic E-state index is 12.3. The van der Waals surface area contributed by atoms with Gasteiger partial charge < -0.3 is 15.0 Å². The fourth-order valence-electron chi connectivity index (χ4n) is 4.61. The monoisotopic (exact) mass is 410 g/mol. The van der Waals surface area contributed by atoms with E-state index in [1.165, 1.54) is 43.2 Å². The van der Waals surface area contributed by atoms with Crippen molar-refractivity contribution in [2.75, 3.05) is 18.4 Å². The number of rotatable bonds is 3. The number of aromatic nitrogens is 2. The maximum absolute atomic E-state index is 12.3. The van der Waals surface area contributed by atoms with Crippen molar-refractivity contribution in [1.82, 2.24) is 14.9 Å². The lowest BCUT2D eigenvalue weighted by molar-refractivity contribution is 0.0210. The summed E-state index contributed by atoms with van der Waals surface area (Å²) in [6, 6.07) is 4.54. The molecule has 1 saturated carbocycles. The summed E-state index contributed by atoms with van der Waals surface area (Å²) in [7, 11) is 0. The number of hydrogen-bond donors (Lipinski definition) is 1. The second-order valence-corrected chi connectivity index (χ2v) is 9.71. The van der Waals surface area contributed by atoms with Gasteiger partial charge in [0.1, 0.15) is 11.4 Å². The Morgan fingerprint density at radius 3 is 2.53 bits per heavy atom. The first-order valence-electron chi connectivity index (χ1n) is 11.4. The topological polar surface area (TPSA) is 67.3 Å². The van der Waals surface area contributed by atoms with Gasteiger partial charge >= 0.3 is 6.09 Å². The molecule has 162 valence electrons. The van der Waals surface area contributed by atoms with E-state index < -0.39 is 5.60 Å². The van der Waals surface area contributed by atoms with Crippen molar-refractivity contribution in [3.05, 3.63) is 30.2 Å². The van der Waals surface area contributed by atoms with Gasteiger partial charge in [0, 0.05) is 48.2 Å². The van der Waals surface area contributed by atoms with Gasteiger partial charge in [0.25, 0.3) is 0 Å². The van der Waals surface area contributed by atoms with Crippen LogP contribution in [0.2, 0.25) is 0 Å². The van der Waals surface area contributed by atoms with Gasteiger partial charge in [-0.3, -0.25) is 4.98 Å². The number of fused-ring (bicyclic) bond motifs is 1. The van der Waals surface area contributed by atoms with Gasteiger partial charge in [0.15, 0.2) is 0 Å². The molecule has 1 amide bonds. The summed E-state index contributed by atoms with van der Waals surface area (Å²) < 4.78 is 5.50. The molecule has 6 heteroatoms. The molecule has 2 aliphatic rings. The lowest BCUT2D eigenvalue weighted by atomic mass is 9.85. The van der Waals surface area contributed by atoms with Crippen molar-refractivity contribution in [3.8, 4) is 0 Å². The minimum absolute atomic E-state index is 0.215. The molecule has 2 fully saturated rings. The van der Waals surface area contributed by atoms with Crippen LogP contribution in [0.3, 0.4) is 0 Å². The molecule has 2 aromatic heterocycles. The summed E-state index contributed by atoms with van der Waals surface area (Å²) in [6.45, 7) is 7.12. The minimum atomic E-state index is -0.453. The van der Waals surface area contributed by atoms with Crippen LogP contribution in [0.25, 0.3) is 10.8 Å². The third kappa shape index (κ3) is 5.02. The smallest absolute Gasteiger partial charge is 0.410 e. The van der Waals surface area contributed by atoms with Crippen LogP contribution < -0.4 is 5.32 Å². The zero-order valence-electron chi connectivity index (χ0n) is 18.5. The molecule has 30 heavy (non-hydrogen) atoms. The van der Waals surface area contributed by atoms with Crippen molar-refractivity contribution >= 4 is 22.7 Å². The number of amides is 1. The Hall–Kier alpha value is -2.37. The summed E-state index contributed by atoms with van der Waals surface area (Å²) in [6.07, 6.45) is 11.9. The Bertz CT molecular complexity index is 878. The summed E-state index contributed by atoms with van der Waals surface area (Å²) in [5, 5.41) is 5.99. The van der Waals surface area contributed by atoms with Crippen LogP contribution >= 0.6 is 0 Å². The maximum Gasteiger partial charge on any atom is 0.410 e. The molecule has 1 aliphatic carbocycles. The zero-order valence-corrected chi connectivity index (χ0v) is 18.5. The highest BCUT2D eigenvalue weighted by molar-refractivity contribution is 5.86. The molecule has 3 heterocycles. The first kappa shape index (κ1) is 20.9. The number of ether oxygens (including phenoxy) is 1. The summed E-state index contributed by atoms with van der Waals surface area (Å²) in [4.78, 5) is 23.5. The van der Waals surface area contributed by atoms with Crippen LogP contribution in [0, 0.1) is 0 Å². The number of anilines is 1. The van der Waals surface area contributed by atoms with Gasteiger partial charge in [-0.1, -0.05) is 19.3 Å². The quantitative estimate of drug-likeness (QED) is 0.725. The molecule has 0 bridgehead atoms. The standard InChI is InChI=1S/C24H34N4O2/c1-24(2,3)30-23(29)28-13-10-19(11-14-28)27-21-15-20-18(16-26-21)9-12-25-22(20)17-7-5-4-6-8-17/h9,12,15-17,19H,4-8,10-11,13-14H2,1-3H3,(H,26,27). The number of carbonyl (C=O) groups is 1. The van der Waals surface area contributed by atoms with E-state index in [1.807, 2.05) is 38.1 Å². The number of carbonyl (C=O) groups excluding carboxylic acids is 1. The Labute approximate surface area is 179 Å². The summed E-state index contributed by atoms with van der Waals surface area (Å²) in [5.74, 6) is 1.47. The molecular formula is C24H34N4O2. The number of nitrogens with one attached hydrogen (secondary N) is 1. The van der Waals surface area contributed by atoms with Crippen LogP contribution in [0.1, 0.15) is 77.3 Å². The predicted molar refractivity (Wildman–Crippen MR) is 120 cm³/mol. The predicted octanol–water partition coefficient (Wildman–Crippen LogP) is 5.49. The van der Waals surface area contributed by atoms with E-state index in [1.54, 1.807) is 0 Å².